The molecule has 0 atom stereocenters. The second kappa shape index (κ2) is 4.19. The number of benzene rings is 1. The molecule has 1 aromatic carbocycles. The van der Waals surface area contributed by atoms with Crippen molar-refractivity contribution >= 4 is 21.9 Å². The lowest BCUT2D eigenvalue weighted by molar-refractivity contribution is 0.415. The van der Waals surface area contributed by atoms with E-state index in [9.17, 15) is 0 Å². The van der Waals surface area contributed by atoms with Crippen LogP contribution in [0.25, 0.3) is 21.9 Å². The fraction of sp³-hybridized carbons (Fsp3) is 0.154. The zero-order chi connectivity index (χ0) is 12.5. The summed E-state index contributed by atoms with van der Waals surface area (Å²) < 4.78 is 5.19. The summed E-state index contributed by atoms with van der Waals surface area (Å²) in [6.07, 6.45) is 1.75. The van der Waals surface area contributed by atoms with Gasteiger partial charge in [-0.25, -0.2) is 15.0 Å². The van der Waals surface area contributed by atoms with Gasteiger partial charge in [0, 0.05) is 23.0 Å². The average molecular weight is 240 g/mol. The van der Waals surface area contributed by atoms with Gasteiger partial charge in [0.15, 0.2) is 5.65 Å². The van der Waals surface area contributed by atoms with Crippen molar-refractivity contribution in [3.05, 3.63) is 36.3 Å². The Hall–Kier alpha value is -2.27. The molecule has 2 heterocycles. The Labute approximate surface area is 104 Å². The summed E-state index contributed by atoms with van der Waals surface area (Å²) in [5, 5.41) is 1.94. The highest BCUT2D eigenvalue weighted by Crippen LogP contribution is 2.22. The van der Waals surface area contributed by atoms with E-state index in [1.54, 1.807) is 13.3 Å². The maximum absolute atomic E-state index is 5.53. The predicted molar refractivity (Wildman–Crippen MR) is 69.3 cm³/mol. The Balaban J connectivity index is 2.29. The van der Waals surface area contributed by atoms with Gasteiger partial charge < -0.3 is 10.5 Å². The number of pyridine rings is 1. The Kier molecular flexibility index (Phi) is 2.53. The second-order valence-corrected chi connectivity index (χ2v) is 3.95. The van der Waals surface area contributed by atoms with Gasteiger partial charge in [0.2, 0.25) is 0 Å². The molecule has 0 spiro atoms. The van der Waals surface area contributed by atoms with Gasteiger partial charge in [0.25, 0.3) is 0 Å². The predicted octanol–water partition coefficient (Wildman–Crippen LogP) is 1.65. The topological polar surface area (TPSA) is 73.9 Å². The Morgan fingerprint density at radius 2 is 2.06 bits per heavy atom. The van der Waals surface area contributed by atoms with Crippen LogP contribution in [0, 0.1) is 0 Å². The lowest BCUT2D eigenvalue weighted by Gasteiger charge is -2.04. The van der Waals surface area contributed by atoms with E-state index >= 15 is 0 Å². The first-order valence-corrected chi connectivity index (χ1v) is 5.60. The number of nitrogens with two attached hydrogens (primary N) is 1. The Morgan fingerprint density at radius 1 is 1.17 bits per heavy atom. The lowest BCUT2D eigenvalue weighted by atomic mass is 10.2. The highest BCUT2D eigenvalue weighted by atomic mass is 16.5. The molecule has 0 unspecified atom stereocenters. The third-order valence-corrected chi connectivity index (χ3v) is 2.80. The zero-order valence-electron chi connectivity index (χ0n) is 9.92. The van der Waals surface area contributed by atoms with Crippen molar-refractivity contribution in [3.8, 4) is 5.75 Å². The van der Waals surface area contributed by atoms with Crippen LogP contribution in [0.1, 0.15) is 5.82 Å². The Bertz CT molecular complexity index is 668. The van der Waals surface area contributed by atoms with Gasteiger partial charge in [0.05, 0.1) is 19.2 Å². The minimum absolute atomic E-state index is 0.313. The van der Waals surface area contributed by atoms with Crippen LogP contribution in [-0.2, 0) is 6.54 Å². The molecule has 5 nitrogen and oxygen atoms in total. The van der Waals surface area contributed by atoms with Crippen LogP contribution in [-0.4, -0.2) is 22.1 Å². The van der Waals surface area contributed by atoms with E-state index < -0.39 is 0 Å². The van der Waals surface area contributed by atoms with E-state index in [0.717, 1.165) is 22.0 Å². The summed E-state index contributed by atoms with van der Waals surface area (Å²) >= 11 is 0. The van der Waals surface area contributed by atoms with Crippen molar-refractivity contribution in [2.45, 2.75) is 6.54 Å². The van der Waals surface area contributed by atoms with Gasteiger partial charge in [-0.3, -0.25) is 0 Å². The van der Waals surface area contributed by atoms with Crippen molar-refractivity contribution in [3.63, 3.8) is 0 Å². The number of ether oxygens (including phenoxy) is 1. The van der Waals surface area contributed by atoms with Gasteiger partial charge in [0.1, 0.15) is 11.6 Å². The molecule has 0 aliphatic carbocycles. The molecular formula is C13H12N4O. The van der Waals surface area contributed by atoms with Crippen molar-refractivity contribution < 1.29 is 4.74 Å². The van der Waals surface area contributed by atoms with E-state index in [-0.39, 0.29) is 0 Å². The molecule has 0 aliphatic rings. The van der Waals surface area contributed by atoms with Crippen molar-refractivity contribution in [1.82, 2.24) is 15.0 Å². The van der Waals surface area contributed by atoms with Crippen LogP contribution < -0.4 is 10.5 Å². The molecule has 0 fully saturated rings. The van der Waals surface area contributed by atoms with Crippen LogP contribution in [0.5, 0.6) is 5.75 Å². The number of hydrogen-bond donors (Lipinski definition) is 1. The van der Waals surface area contributed by atoms with Crippen molar-refractivity contribution in [2.75, 3.05) is 7.11 Å². The summed E-state index contributed by atoms with van der Waals surface area (Å²) in [6.45, 7) is 0.313. The monoisotopic (exact) mass is 240 g/mol. The molecule has 3 rings (SSSR count). The minimum Gasteiger partial charge on any atom is -0.497 e. The highest BCUT2D eigenvalue weighted by molar-refractivity contribution is 5.91. The van der Waals surface area contributed by atoms with Gasteiger partial charge in [-0.2, -0.15) is 0 Å². The molecule has 18 heavy (non-hydrogen) atoms. The zero-order valence-corrected chi connectivity index (χ0v) is 9.92. The summed E-state index contributed by atoms with van der Waals surface area (Å²) in [7, 11) is 1.64. The first-order valence-electron chi connectivity index (χ1n) is 5.60. The van der Waals surface area contributed by atoms with Crippen LogP contribution >= 0.6 is 0 Å². The molecule has 0 amide bonds. The van der Waals surface area contributed by atoms with Crippen LogP contribution in [0.2, 0.25) is 0 Å². The van der Waals surface area contributed by atoms with E-state index in [0.29, 0.717) is 18.0 Å². The van der Waals surface area contributed by atoms with Crippen LogP contribution in [0.3, 0.4) is 0 Å². The van der Waals surface area contributed by atoms with Gasteiger partial charge in [-0.1, -0.05) is 0 Å². The normalized spacial score (nSPS) is 11.0. The maximum Gasteiger partial charge on any atom is 0.163 e. The number of fused-ring (bicyclic) bond motifs is 2. The third kappa shape index (κ3) is 1.74. The molecule has 2 aromatic heterocycles. The van der Waals surface area contributed by atoms with Crippen molar-refractivity contribution in [1.29, 1.82) is 0 Å². The number of hydrogen-bond acceptors (Lipinski definition) is 5. The molecule has 2 N–H and O–H groups in total. The van der Waals surface area contributed by atoms with Gasteiger partial charge >= 0.3 is 0 Å². The number of aromatic nitrogens is 3. The molecule has 0 aliphatic heterocycles. The largest absolute Gasteiger partial charge is 0.497 e. The number of rotatable bonds is 2. The van der Waals surface area contributed by atoms with E-state index in [2.05, 4.69) is 15.0 Å². The van der Waals surface area contributed by atoms with E-state index in [1.165, 1.54) is 0 Å². The molecule has 5 heteroatoms. The van der Waals surface area contributed by atoms with Crippen molar-refractivity contribution in [2.24, 2.45) is 5.73 Å². The van der Waals surface area contributed by atoms with Gasteiger partial charge in [-0.05, 0) is 18.2 Å². The Morgan fingerprint density at radius 3 is 2.83 bits per heavy atom. The summed E-state index contributed by atoms with van der Waals surface area (Å²) in [5.41, 5.74) is 7.04. The van der Waals surface area contributed by atoms with Crippen LogP contribution in [0.15, 0.2) is 30.5 Å². The number of methoxy groups -OCH3 is 1. The lowest BCUT2D eigenvalue weighted by Crippen LogP contribution is -2.03. The maximum atomic E-state index is 5.53. The molecule has 0 saturated carbocycles. The summed E-state index contributed by atoms with van der Waals surface area (Å²) in [4.78, 5) is 13.0. The molecule has 0 saturated heterocycles. The van der Waals surface area contributed by atoms with E-state index in [1.807, 2.05) is 24.3 Å². The fourth-order valence-corrected chi connectivity index (χ4v) is 1.86. The molecular weight excluding hydrogens is 228 g/mol. The molecule has 3 aromatic rings. The smallest absolute Gasteiger partial charge is 0.163 e. The van der Waals surface area contributed by atoms with Crippen LogP contribution in [0.4, 0.5) is 0 Å². The third-order valence-electron chi connectivity index (χ3n) is 2.80. The minimum atomic E-state index is 0.313. The van der Waals surface area contributed by atoms with E-state index in [4.69, 9.17) is 10.5 Å². The summed E-state index contributed by atoms with van der Waals surface area (Å²) in [5.74, 6) is 1.37. The molecule has 90 valence electrons. The number of nitrogens with zero attached hydrogens (tertiary/aromatic N) is 3. The SMILES string of the molecule is COc1ccc2cc3cnc(CN)nc3nc2c1. The summed E-state index contributed by atoms with van der Waals surface area (Å²) in [6, 6.07) is 7.78. The molecule has 0 radical (unpaired) electrons. The first kappa shape index (κ1) is 10.9. The quantitative estimate of drug-likeness (QED) is 0.689. The molecule has 0 bridgehead atoms. The first-order chi connectivity index (χ1) is 8.80. The average Bonchev–Trinajstić information content (AvgIpc) is 2.43. The van der Waals surface area contributed by atoms with Gasteiger partial charge in [-0.15, -0.1) is 0 Å². The highest BCUT2D eigenvalue weighted by Gasteiger charge is 2.04. The fourth-order valence-electron chi connectivity index (χ4n) is 1.86. The standard InChI is InChI=1S/C13H12N4O/c1-18-10-3-2-8-4-9-7-15-12(6-14)17-13(9)16-11(8)5-10/h2-5,7H,6,14H2,1H3. The second-order valence-electron chi connectivity index (χ2n) is 3.95.